The van der Waals surface area contributed by atoms with Gasteiger partial charge in [0.2, 0.25) is 0 Å². The monoisotopic (exact) mass is 294 g/mol. The second-order valence-electron chi connectivity index (χ2n) is 3.94. The first kappa shape index (κ1) is 11.9. The quantitative estimate of drug-likeness (QED) is 0.691. The lowest BCUT2D eigenvalue weighted by atomic mass is 10.1. The Labute approximate surface area is 109 Å². The molecule has 1 heterocycles. The summed E-state index contributed by atoms with van der Waals surface area (Å²) in [6, 6.07) is 11.0. The number of hydrogen-bond acceptors (Lipinski definition) is 1. The number of alkyl halides is 1. The third-order valence-corrected chi connectivity index (χ3v) is 5.08. The van der Waals surface area contributed by atoms with E-state index in [0.717, 1.165) is 6.42 Å². The Balaban J connectivity index is 2.31. The molecule has 1 atom stereocenters. The van der Waals surface area contributed by atoms with Crippen LogP contribution >= 0.6 is 27.3 Å². The van der Waals surface area contributed by atoms with Gasteiger partial charge in [0.15, 0.2) is 0 Å². The van der Waals surface area contributed by atoms with E-state index in [-0.39, 0.29) is 0 Å². The van der Waals surface area contributed by atoms with Gasteiger partial charge in [-0.2, -0.15) is 0 Å². The summed E-state index contributed by atoms with van der Waals surface area (Å²) in [6.45, 7) is 4.33. The molecule has 0 amide bonds. The van der Waals surface area contributed by atoms with Crippen LogP contribution < -0.4 is 0 Å². The van der Waals surface area contributed by atoms with Gasteiger partial charge in [0.25, 0.3) is 0 Å². The fraction of sp³-hybridized carbons (Fsp3) is 0.286. The van der Waals surface area contributed by atoms with Gasteiger partial charge >= 0.3 is 0 Å². The molecule has 0 bridgehead atoms. The maximum atomic E-state index is 3.80. The van der Waals surface area contributed by atoms with E-state index in [0.29, 0.717) is 4.83 Å². The van der Waals surface area contributed by atoms with E-state index in [1.165, 1.54) is 21.6 Å². The zero-order valence-corrected chi connectivity index (χ0v) is 11.9. The van der Waals surface area contributed by atoms with Crippen molar-refractivity contribution >= 4 is 27.3 Å². The third-order valence-electron chi connectivity index (χ3n) is 2.76. The number of thiophene rings is 1. The van der Waals surface area contributed by atoms with E-state index in [1.54, 1.807) is 0 Å². The van der Waals surface area contributed by atoms with E-state index in [2.05, 4.69) is 65.5 Å². The molecule has 1 aromatic carbocycles. The van der Waals surface area contributed by atoms with Gasteiger partial charge in [-0.3, -0.25) is 0 Å². The molecule has 0 saturated carbocycles. The van der Waals surface area contributed by atoms with Crippen LogP contribution in [0.5, 0.6) is 0 Å². The Bertz CT molecular complexity index is 456. The van der Waals surface area contributed by atoms with Crippen LogP contribution in [-0.4, -0.2) is 0 Å². The van der Waals surface area contributed by atoms with Crippen LogP contribution in [0.2, 0.25) is 0 Å². The van der Waals surface area contributed by atoms with Crippen LogP contribution in [0, 0.1) is 6.92 Å². The first-order valence-electron chi connectivity index (χ1n) is 5.49. The van der Waals surface area contributed by atoms with Crippen LogP contribution in [0.15, 0.2) is 35.7 Å². The summed E-state index contributed by atoms with van der Waals surface area (Å²) >= 11 is 5.63. The van der Waals surface area contributed by atoms with E-state index in [4.69, 9.17) is 0 Å². The predicted octanol–water partition coefficient (Wildman–Crippen LogP) is 5.10. The number of aryl methyl sites for hydroxylation is 2. The number of halogens is 1. The largest absolute Gasteiger partial charge is 0.147 e. The van der Waals surface area contributed by atoms with E-state index >= 15 is 0 Å². The molecule has 0 fully saturated rings. The fourth-order valence-corrected chi connectivity index (χ4v) is 3.67. The summed E-state index contributed by atoms with van der Waals surface area (Å²) in [5, 5.41) is 2.18. The topological polar surface area (TPSA) is 0 Å². The maximum Gasteiger partial charge on any atom is 0.0740 e. The Morgan fingerprint density at radius 1 is 1.19 bits per heavy atom. The smallest absolute Gasteiger partial charge is 0.0740 e. The standard InChI is InChI=1S/C14H15BrS/c1-3-11-8-9-16-14(11)13(15)12-6-4-10(2)5-7-12/h4-9,13H,3H2,1-2H3. The van der Waals surface area contributed by atoms with Gasteiger partial charge in [-0.15, -0.1) is 11.3 Å². The molecule has 0 spiro atoms. The maximum absolute atomic E-state index is 3.80. The fourth-order valence-electron chi connectivity index (χ4n) is 1.75. The molecule has 0 aliphatic heterocycles. The van der Waals surface area contributed by atoms with Crippen LogP contribution in [0.1, 0.15) is 33.3 Å². The second kappa shape index (κ2) is 5.15. The highest BCUT2D eigenvalue weighted by Crippen LogP contribution is 2.36. The van der Waals surface area contributed by atoms with Crippen molar-refractivity contribution in [2.24, 2.45) is 0 Å². The van der Waals surface area contributed by atoms with Gasteiger partial charge in [0.1, 0.15) is 0 Å². The second-order valence-corrected chi connectivity index (χ2v) is 5.80. The Morgan fingerprint density at radius 3 is 2.50 bits per heavy atom. The Kier molecular flexibility index (Phi) is 3.82. The molecule has 1 aromatic heterocycles. The molecule has 84 valence electrons. The molecule has 0 aliphatic rings. The van der Waals surface area contributed by atoms with Crippen LogP contribution in [0.3, 0.4) is 0 Å². The lowest BCUT2D eigenvalue weighted by Gasteiger charge is -2.10. The highest BCUT2D eigenvalue weighted by atomic mass is 79.9. The molecular formula is C14H15BrS. The highest BCUT2D eigenvalue weighted by molar-refractivity contribution is 9.09. The van der Waals surface area contributed by atoms with Crippen LogP contribution in [-0.2, 0) is 6.42 Å². The molecule has 2 rings (SSSR count). The average molecular weight is 295 g/mol. The van der Waals surface area contributed by atoms with Crippen molar-refractivity contribution in [3.05, 3.63) is 57.3 Å². The van der Waals surface area contributed by atoms with Gasteiger partial charge < -0.3 is 0 Å². The summed E-state index contributed by atoms with van der Waals surface area (Å²) in [4.78, 5) is 1.77. The molecule has 16 heavy (non-hydrogen) atoms. The van der Waals surface area contributed by atoms with Gasteiger partial charge in [0.05, 0.1) is 4.83 Å². The van der Waals surface area contributed by atoms with E-state index in [1.807, 2.05) is 11.3 Å². The summed E-state index contributed by atoms with van der Waals surface area (Å²) in [5.41, 5.74) is 4.10. The molecule has 1 unspecified atom stereocenters. The summed E-state index contributed by atoms with van der Waals surface area (Å²) < 4.78 is 0. The molecule has 0 saturated heterocycles. The molecule has 0 N–H and O–H groups in total. The number of rotatable bonds is 3. The molecule has 2 heteroatoms. The van der Waals surface area contributed by atoms with Crippen molar-refractivity contribution in [2.45, 2.75) is 25.1 Å². The summed E-state index contributed by atoms with van der Waals surface area (Å²) in [6.07, 6.45) is 1.10. The molecule has 0 nitrogen and oxygen atoms in total. The Morgan fingerprint density at radius 2 is 1.88 bits per heavy atom. The lowest BCUT2D eigenvalue weighted by Crippen LogP contribution is -1.93. The Hall–Kier alpha value is -0.600. The minimum atomic E-state index is 0.336. The van der Waals surface area contributed by atoms with Gasteiger partial charge in [0, 0.05) is 4.88 Å². The van der Waals surface area contributed by atoms with Crippen molar-refractivity contribution in [1.82, 2.24) is 0 Å². The predicted molar refractivity (Wildman–Crippen MR) is 75.6 cm³/mol. The van der Waals surface area contributed by atoms with Crippen LogP contribution in [0.25, 0.3) is 0 Å². The first-order chi connectivity index (χ1) is 7.72. The van der Waals surface area contributed by atoms with Crippen molar-refractivity contribution in [1.29, 1.82) is 0 Å². The molecule has 2 aromatic rings. The minimum absolute atomic E-state index is 0.336. The number of hydrogen-bond donors (Lipinski definition) is 0. The minimum Gasteiger partial charge on any atom is -0.147 e. The molecule has 0 radical (unpaired) electrons. The van der Waals surface area contributed by atoms with Crippen LogP contribution in [0.4, 0.5) is 0 Å². The summed E-state index contributed by atoms with van der Waals surface area (Å²) in [7, 11) is 0. The first-order valence-corrected chi connectivity index (χ1v) is 7.28. The molecule has 0 aliphatic carbocycles. The average Bonchev–Trinajstić information content (AvgIpc) is 2.77. The number of benzene rings is 1. The third kappa shape index (κ3) is 2.38. The lowest BCUT2D eigenvalue weighted by molar-refractivity contribution is 1.09. The van der Waals surface area contributed by atoms with Crippen molar-refractivity contribution < 1.29 is 0 Å². The normalized spacial score (nSPS) is 12.7. The van der Waals surface area contributed by atoms with Gasteiger partial charge in [-0.25, -0.2) is 0 Å². The van der Waals surface area contributed by atoms with Crippen molar-refractivity contribution in [2.75, 3.05) is 0 Å². The zero-order valence-electron chi connectivity index (χ0n) is 9.53. The van der Waals surface area contributed by atoms with Gasteiger partial charge in [-0.1, -0.05) is 52.7 Å². The zero-order chi connectivity index (χ0) is 11.5. The van der Waals surface area contributed by atoms with E-state index in [9.17, 15) is 0 Å². The SMILES string of the molecule is CCc1ccsc1C(Br)c1ccc(C)cc1. The summed E-state index contributed by atoms with van der Waals surface area (Å²) in [5.74, 6) is 0. The van der Waals surface area contributed by atoms with Crippen molar-refractivity contribution in [3.63, 3.8) is 0 Å². The highest BCUT2D eigenvalue weighted by Gasteiger charge is 2.14. The molecular weight excluding hydrogens is 280 g/mol. The van der Waals surface area contributed by atoms with Crippen molar-refractivity contribution in [3.8, 4) is 0 Å². The van der Waals surface area contributed by atoms with E-state index < -0.39 is 0 Å². The van der Waals surface area contributed by atoms with Gasteiger partial charge in [-0.05, 0) is 35.9 Å².